The van der Waals surface area contributed by atoms with Gasteiger partial charge in [0.1, 0.15) is 0 Å². The molecule has 0 saturated heterocycles. The van der Waals surface area contributed by atoms with Gasteiger partial charge in [0.25, 0.3) is 0 Å². The van der Waals surface area contributed by atoms with Crippen LogP contribution in [0, 0.1) is 27.7 Å². The molecule has 3 rings (SSSR count). The predicted octanol–water partition coefficient (Wildman–Crippen LogP) is 3.89. The van der Waals surface area contributed by atoms with E-state index in [9.17, 15) is 0 Å². The second-order valence-corrected chi connectivity index (χ2v) is 5.09. The lowest BCUT2D eigenvalue weighted by atomic mass is 9.94. The minimum Gasteiger partial charge on any atom is -0.257 e. The molecular formula is C16H17N. The predicted molar refractivity (Wildman–Crippen MR) is 71.4 cm³/mol. The van der Waals surface area contributed by atoms with Gasteiger partial charge in [0, 0.05) is 17.7 Å². The molecule has 1 aliphatic rings. The van der Waals surface area contributed by atoms with Crippen LogP contribution in [0.2, 0.25) is 0 Å². The van der Waals surface area contributed by atoms with Crippen molar-refractivity contribution in [3.63, 3.8) is 0 Å². The summed E-state index contributed by atoms with van der Waals surface area (Å²) in [6.07, 6.45) is 0.999. The average molecular weight is 223 g/mol. The van der Waals surface area contributed by atoms with Gasteiger partial charge in [-0.25, -0.2) is 0 Å². The van der Waals surface area contributed by atoms with Crippen LogP contribution in [0.1, 0.15) is 33.6 Å². The summed E-state index contributed by atoms with van der Waals surface area (Å²) in [7, 11) is 0. The molecule has 0 saturated carbocycles. The summed E-state index contributed by atoms with van der Waals surface area (Å²) in [4.78, 5) is 4.67. The molecular weight excluding hydrogens is 206 g/mol. The molecule has 0 aliphatic heterocycles. The van der Waals surface area contributed by atoms with E-state index in [0.717, 1.165) is 12.1 Å². The van der Waals surface area contributed by atoms with Gasteiger partial charge in [-0.15, -0.1) is 0 Å². The molecule has 0 N–H and O–H groups in total. The summed E-state index contributed by atoms with van der Waals surface area (Å²) in [5.41, 5.74) is 10.8. The van der Waals surface area contributed by atoms with Crippen molar-refractivity contribution in [1.82, 2.24) is 4.98 Å². The zero-order valence-corrected chi connectivity index (χ0v) is 10.9. The third-order valence-electron chi connectivity index (χ3n) is 4.04. The second kappa shape index (κ2) is 3.43. The average Bonchev–Trinajstić information content (AvgIpc) is 2.64. The lowest BCUT2D eigenvalue weighted by Crippen LogP contribution is -1.94. The Labute approximate surface area is 103 Å². The molecule has 0 atom stereocenters. The van der Waals surface area contributed by atoms with Gasteiger partial charge in [-0.05, 0) is 61.6 Å². The number of aromatic nitrogens is 1. The molecule has 2 aromatic rings. The summed E-state index contributed by atoms with van der Waals surface area (Å²) in [5.74, 6) is 0. The highest BCUT2D eigenvalue weighted by Crippen LogP contribution is 2.39. The molecule has 17 heavy (non-hydrogen) atoms. The number of benzene rings is 1. The molecule has 1 aromatic carbocycles. The van der Waals surface area contributed by atoms with Crippen molar-refractivity contribution in [2.75, 3.05) is 0 Å². The Morgan fingerprint density at radius 2 is 1.71 bits per heavy atom. The van der Waals surface area contributed by atoms with Gasteiger partial charge < -0.3 is 0 Å². The van der Waals surface area contributed by atoms with E-state index in [0.29, 0.717) is 0 Å². The second-order valence-electron chi connectivity index (χ2n) is 5.09. The Balaban J connectivity index is 2.30. The number of hydrogen-bond donors (Lipinski definition) is 0. The van der Waals surface area contributed by atoms with Gasteiger partial charge in [-0.1, -0.05) is 12.1 Å². The maximum Gasteiger partial charge on any atom is 0.0529 e. The van der Waals surface area contributed by atoms with Crippen molar-refractivity contribution in [2.24, 2.45) is 0 Å². The minimum atomic E-state index is 0.999. The highest BCUT2D eigenvalue weighted by molar-refractivity contribution is 5.78. The molecule has 0 amide bonds. The van der Waals surface area contributed by atoms with E-state index in [1.165, 1.54) is 39.1 Å². The van der Waals surface area contributed by atoms with Crippen molar-refractivity contribution in [3.8, 4) is 11.1 Å². The van der Waals surface area contributed by atoms with E-state index in [-0.39, 0.29) is 0 Å². The molecule has 1 aromatic heterocycles. The van der Waals surface area contributed by atoms with E-state index < -0.39 is 0 Å². The molecule has 0 fully saturated rings. The van der Waals surface area contributed by atoms with Gasteiger partial charge in [0.2, 0.25) is 0 Å². The Morgan fingerprint density at radius 1 is 0.941 bits per heavy atom. The Hall–Kier alpha value is -1.63. The zero-order chi connectivity index (χ0) is 12.2. The standard InChI is InChI=1S/C16H17N/c1-9-7-15-13-6-5-10(2)17-16(13)8-14(15)12(4)11(9)3/h5-7H,8H2,1-4H3. The zero-order valence-electron chi connectivity index (χ0n) is 10.9. The first-order valence-corrected chi connectivity index (χ1v) is 6.14. The van der Waals surface area contributed by atoms with Gasteiger partial charge >= 0.3 is 0 Å². The lowest BCUT2D eigenvalue weighted by molar-refractivity contribution is 1.06. The van der Waals surface area contributed by atoms with Crippen LogP contribution in [0.3, 0.4) is 0 Å². The summed E-state index contributed by atoms with van der Waals surface area (Å²) in [6.45, 7) is 8.71. The highest BCUT2D eigenvalue weighted by atomic mass is 14.7. The smallest absolute Gasteiger partial charge is 0.0529 e. The first kappa shape index (κ1) is 10.5. The van der Waals surface area contributed by atoms with Crippen molar-refractivity contribution in [2.45, 2.75) is 34.1 Å². The Kier molecular flexibility index (Phi) is 2.12. The minimum absolute atomic E-state index is 0.999. The van der Waals surface area contributed by atoms with Crippen LogP contribution in [0.5, 0.6) is 0 Å². The number of fused-ring (bicyclic) bond motifs is 3. The summed E-state index contributed by atoms with van der Waals surface area (Å²) in [6, 6.07) is 6.65. The van der Waals surface area contributed by atoms with Crippen molar-refractivity contribution >= 4 is 0 Å². The van der Waals surface area contributed by atoms with E-state index in [2.05, 4.69) is 50.9 Å². The normalized spacial score (nSPS) is 12.5. The van der Waals surface area contributed by atoms with Crippen LogP contribution in [-0.4, -0.2) is 4.98 Å². The first-order chi connectivity index (χ1) is 8.08. The monoisotopic (exact) mass is 223 g/mol. The first-order valence-electron chi connectivity index (χ1n) is 6.14. The Bertz CT molecular complexity index is 624. The van der Waals surface area contributed by atoms with E-state index in [1.807, 2.05) is 0 Å². The number of rotatable bonds is 0. The van der Waals surface area contributed by atoms with E-state index >= 15 is 0 Å². The third kappa shape index (κ3) is 1.42. The number of nitrogens with zero attached hydrogens (tertiary/aromatic N) is 1. The highest BCUT2D eigenvalue weighted by Gasteiger charge is 2.22. The lowest BCUT2D eigenvalue weighted by Gasteiger charge is -2.11. The largest absolute Gasteiger partial charge is 0.257 e. The van der Waals surface area contributed by atoms with Crippen LogP contribution >= 0.6 is 0 Å². The van der Waals surface area contributed by atoms with Crippen LogP contribution in [-0.2, 0) is 6.42 Å². The van der Waals surface area contributed by atoms with Crippen LogP contribution in [0.15, 0.2) is 18.2 Å². The van der Waals surface area contributed by atoms with Crippen molar-refractivity contribution < 1.29 is 0 Å². The molecule has 1 heterocycles. The molecule has 0 radical (unpaired) electrons. The van der Waals surface area contributed by atoms with Gasteiger partial charge in [-0.2, -0.15) is 0 Å². The summed E-state index contributed by atoms with van der Waals surface area (Å²) >= 11 is 0. The summed E-state index contributed by atoms with van der Waals surface area (Å²) < 4.78 is 0. The molecule has 1 aliphatic carbocycles. The van der Waals surface area contributed by atoms with Gasteiger partial charge in [0.05, 0.1) is 5.69 Å². The maximum atomic E-state index is 4.67. The topological polar surface area (TPSA) is 12.9 Å². The van der Waals surface area contributed by atoms with Crippen molar-refractivity contribution in [3.05, 3.63) is 51.8 Å². The molecule has 0 bridgehead atoms. The molecule has 86 valence electrons. The van der Waals surface area contributed by atoms with Crippen molar-refractivity contribution in [1.29, 1.82) is 0 Å². The SMILES string of the molecule is Cc1ccc2c(n1)Cc1c-2cc(C)c(C)c1C. The quantitative estimate of drug-likeness (QED) is 0.563. The van der Waals surface area contributed by atoms with Gasteiger partial charge in [-0.3, -0.25) is 4.98 Å². The molecule has 0 unspecified atom stereocenters. The summed E-state index contributed by atoms with van der Waals surface area (Å²) in [5, 5.41) is 0. The van der Waals surface area contributed by atoms with E-state index in [1.54, 1.807) is 0 Å². The van der Waals surface area contributed by atoms with Crippen LogP contribution in [0.25, 0.3) is 11.1 Å². The van der Waals surface area contributed by atoms with Gasteiger partial charge in [0.15, 0.2) is 0 Å². The fraction of sp³-hybridized carbons (Fsp3) is 0.312. The molecule has 1 heteroatoms. The fourth-order valence-electron chi connectivity index (χ4n) is 2.76. The number of pyridine rings is 1. The molecule has 0 spiro atoms. The van der Waals surface area contributed by atoms with Crippen LogP contribution in [0.4, 0.5) is 0 Å². The Morgan fingerprint density at radius 3 is 2.47 bits per heavy atom. The van der Waals surface area contributed by atoms with E-state index in [4.69, 9.17) is 0 Å². The fourth-order valence-corrected chi connectivity index (χ4v) is 2.76. The molecule has 1 nitrogen and oxygen atoms in total. The third-order valence-corrected chi connectivity index (χ3v) is 4.04. The van der Waals surface area contributed by atoms with Crippen LogP contribution < -0.4 is 0 Å². The number of hydrogen-bond acceptors (Lipinski definition) is 1. The maximum absolute atomic E-state index is 4.67. The number of aryl methyl sites for hydroxylation is 2.